The van der Waals surface area contributed by atoms with E-state index in [1.807, 2.05) is 6.92 Å². The first-order valence-electron chi connectivity index (χ1n) is 11.2. The Labute approximate surface area is 190 Å². The molecule has 8 heteroatoms. The molecular formula is C25H26FN3O4. The van der Waals surface area contributed by atoms with E-state index in [0.717, 1.165) is 41.3 Å². The number of ether oxygens (including phenoxy) is 1. The summed E-state index contributed by atoms with van der Waals surface area (Å²) in [5.41, 5.74) is 8.54. The van der Waals surface area contributed by atoms with Gasteiger partial charge in [-0.15, -0.1) is 0 Å². The van der Waals surface area contributed by atoms with Crippen molar-refractivity contribution >= 4 is 16.9 Å². The predicted octanol–water partition coefficient (Wildman–Crippen LogP) is 2.59. The summed E-state index contributed by atoms with van der Waals surface area (Å²) in [6, 6.07) is 3.18. The molecule has 2 aromatic heterocycles. The highest BCUT2D eigenvalue weighted by Crippen LogP contribution is 2.43. The molecule has 0 spiro atoms. The number of pyridine rings is 2. The van der Waals surface area contributed by atoms with Crippen LogP contribution in [0.15, 0.2) is 16.9 Å². The topological polar surface area (TPSA) is 107 Å². The van der Waals surface area contributed by atoms with Crippen LogP contribution in [0, 0.1) is 12.7 Å². The van der Waals surface area contributed by atoms with E-state index in [9.17, 15) is 19.1 Å². The van der Waals surface area contributed by atoms with Gasteiger partial charge in [0.2, 0.25) is 0 Å². The maximum absolute atomic E-state index is 14.6. The lowest BCUT2D eigenvalue weighted by atomic mass is 9.84. The monoisotopic (exact) mass is 451 g/mol. The SMILES string of the molecule is CC[C@@]1(O)C(=O)OCc2c1cc1n(c2=O)Cc2c-1nc1cc(F)c(C)c3c1c2CCC3.CN. The van der Waals surface area contributed by atoms with Crippen molar-refractivity contribution in [3.8, 4) is 11.4 Å². The van der Waals surface area contributed by atoms with Gasteiger partial charge in [-0.3, -0.25) is 4.79 Å². The average Bonchev–Trinajstić information content (AvgIpc) is 3.20. The van der Waals surface area contributed by atoms with Crippen LogP contribution in [-0.4, -0.2) is 27.7 Å². The minimum atomic E-state index is -1.85. The van der Waals surface area contributed by atoms with Gasteiger partial charge in [0.25, 0.3) is 5.56 Å². The van der Waals surface area contributed by atoms with Gasteiger partial charge in [-0.25, -0.2) is 14.2 Å². The lowest BCUT2D eigenvalue weighted by Crippen LogP contribution is -2.44. The van der Waals surface area contributed by atoms with Crippen LogP contribution in [0.3, 0.4) is 0 Å². The maximum atomic E-state index is 14.6. The molecule has 0 fully saturated rings. The number of rotatable bonds is 1. The number of fused-ring (bicyclic) bond motifs is 5. The summed E-state index contributed by atoms with van der Waals surface area (Å²) in [5.74, 6) is -1.01. The number of aliphatic hydroxyl groups is 1. The third kappa shape index (κ3) is 2.77. The predicted molar refractivity (Wildman–Crippen MR) is 121 cm³/mol. The number of aromatic nitrogens is 2. The minimum Gasteiger partial charge on any atom is -0.458 e. The van der Waals surface area contributed by atoms with E-state index in [4.69, 9.17) is 9.72 Å². The highest BCUT2D eigenvalue weighted by atomic mass is 19.1. The third-order valence-electron chi connectivity index (χ3n) is 7.27. The number of hydrogen-bond acceptors (Lipinski definition) is 6. The van der Waals surface area contributed by atoms with E-state index < -0.39 is 11.6 Å². The molecule has 2 aliphatic heterocycles. The van der Waals surface area contributed by atoms with Gasteiger partial charge in [0.1, 0.15) is 12.4 Å². The van der Waals surface area contributed by atoms with Gasteiger partial charge in [0, 0.05) is 22.6 Å². The van der Waals surface area contributed by atoms with Crippen molar-refractivity contribution in [3.63, 3.8) is 0 Å². The Bertz CT molecular complexity index is 1410. The fourth-order valence-corrected chi connectivity index (χ4v) is 5.52. The van der Waals surface area contributed by atoms with E-state index in [0.29, 0.717) is 40.1 Å². The number of aryl methyl sites for hydroxylation is 2. The van der Waals surface area contributed by atoms with Crippen LogP contribution >= 0.6 is 0 Å². The normalized spacial score (nSPS) is 19.9. The maximum Gasteiger partial charge on any atom is 0.343 e. The number of hydrogen-bond donors (Lipinski definition) is 2. The van der Waals surface area contributed by atoms with Crippen molar-refractivity contribution in [3.05, 3.63) is 61.7 Å². The van der Waals surface area contributed by atoms with E-state index in [1.165, 1.54) is 13.1 Å². The molecule has 33 heavy (non-hydrogen) atoms. The fraction of sp³-hybridized carbons (Fsp3) is 0.400. The van der Waals surface area contributed by atoms with E-state index in [2.05, 4.69) is 5.73 Å². The largest absolute Gasteiger partial charge is 0.458 e. The van der Waals surface area contributed by atoms with Crippen LogP contribution in [0.1, 0.15) is 53.1 Å². The number of cyclic esters (lactones) is 1. The molecule has 3 N–H and O–H groups in total. The zero-order valence-electron chi connectivity index (χ0n) is 18.9. The number of esters is 1. The molecule has 1 aliphatic carbocycles. The van der Waals surface area contributed by atoms with E-state index >= 15 is 0 Å². The highest BCUT2D eigenvalue weighted by Gasteiger charge is 2.45. The van der Waals surface area contributed by atoms with Gasteiger partial charge < -0.3 is 20.1 Å². The Morgan fingerprint density at radius 3 is 2.64 bits per heavy atom. The molecule has 6 rings (SSSR count). The quantitative estimate of drug-likeness (QED) is 0.431. The molecule has 0 saturated heterocycles. The highest BCUT2D eigenvalue weighted by molar-refractivity contribution is 5.92. The van der Waals surface area contributed by atoms with Gasteiger partial charge in [0.15, 0.2) is 5.60 Å². The molecule has 172 valence electrons. The summed E-state index contributed by atoms with van der Waals surface area (Å²) >= 11 is 0. The molecule has 3 aliphatic rings. The van der Waals surface area contributed by atoms with Crippen LogP contribution in [0.2, 0.25) is 0 Å². The van der Waals surface area contributed by atoms with Crippen molar-refractivity contribution in [1.29, 1.82) is 0 Å². The Hall–Kier alpha value is -3.10. The van der Waals surface area contributed by atoms with Gasteiger partial charge in [-0.05, 0) is 62.4 Å². The number of nitrogens with two attached hydrogens (primary N) is 1. The number of benzene rings is 1. The van der Waals surface area contributed by atoms with Gasteiger partial charge in [-0.1, -0.05) is 6.92 Å². The first-order chi connectivity index (χ1) is 15.8. The van der Waals surface area contributed by atoms with Crippen LogP contribution in [0.5, 0.6) is 0 Å². The number of carbonyl (C=O) groups is 1. The molecule has 4 heterocycles. The van der Waals surface area contributed by atoms with Crippen LogP contribution < -0.4 is 11.3 Å². The molecule has 0 amide bonds. The summed E-state index contributed by atoms with van der Waals surface area (Å²) in [4.78, 5) is 30.4. The molecule has 1 atom stereocenters. The lowest BCUT2D eigenvalue weighted by molar-refractivity contribution is -0.172. The van der Waals surface area contributed by atoms with Crippen molar-refractivity contribution < 1.29 is 19.0 Å². The average molecular weight is 451 g/mol. The second kappa shape index (κ2) is 7.46. The summed E-state index contributed by atoms with van der Waals surface area (Å²) in [6.07, 6.45) is 2.68. The number of nitrogens with zero attached hydrogens (tertiary/aromatic N) is 2. The molecule has 0 unspecified atom stereocenters. The summed E-state index contributed by atoms with van der Waals surface area (Å²) in [6.45, 7) is 3.71. The smallest absolute Gasteiger partial charge is 0.343 e. The second-order valence-electron chi connectivity index (χ2n) is 8.73. The Morgan fingerprint density at radius 2 is 1.91 bits per heavy atom. The standard InChI is InChI=1S/C24H21FN2O4.CH5N/c1-3-24(30)16-7-19-21-14(9-27(19)22(28)15(16)10-31-23(24)29)13-6-4-5-12-11(2)17(25)8-18(26-21)20(12)13;1-2/h7-8,30H,3-6,9-10H2,1-2H3;2H2,1H3/t24-;/m0./s1. The fourth-order valence-electron chi connectivity index (χ4n) is 5.52. The minimum absolute atomic E-state index is 0.0961. The second-order valence-corrected chi connectivity index (χ2v) is 8.73. The van der Waals surface area contributed by atoms with E-state index in [-0.39, 0.29) is 24.4 Å². The number of carbonyl (C=O) groups excluding carboxylic acids is 1. The Balaban J connectivity index is 0.00000111. The van der Waals surface area contributed by atoms with Crippen LogP contribution in [0.4, 0.5) is 4.39 Å². The molecule has 1 aromatic carbocycles. The Kier molecular flexibility index (Phi) is 4.91. The van der Waals surface area contributed by atoms with Crippen LogP contribution in [0.25, 0.3) is 22.3 Å². The molecular weight excluding hydrogens is 425 g/mol. The first kappa shape index (κ1) is 21.7. The third-order valence-corrected chi connectivity index (χ3v) is 7.27. The lowest BCUT2D eigenvalue weighted by Gasteiger charge is -2.31. The Morgan fingerprint density at radius 1 is 1.18 bits per heavy atom. The molecule has 0 bridgehead atoms. The molecule has 7 nitrogen and oxygen atoms in total. The van der Waals surface area contributed by atoms with Crippen molar-refractivity contribution in [2.24, 2.45) is 5.73 Å². The van der Waals surface area contributed by atoms with Crippen LogP contribution in [-0.2, 0) is 41.1 Å². The van der Waals surface area contributed by atoms with E-state index in [1.54, 1.807) is 17.6 Å². The molecule has 0 saturated carbocycles. The number of halogens is 1. The van der Waals surface area contributed by atoms with Crippen molar-refractivity contribution in [1.82, 2.24) is 9.55 Å². The van der Waals surface area contributed by atoms with Gasteiger partial charge in [0.05, 0.1) is 29.0 Å². The summed E-state index contributed by atoms with van der Waals surface area (Å²) < 4.78 is 21.4. The summed E-state index contributed by atoms with van der Waals surface area (Å²) in [5, 5.41) is 12.0. The summed E-state index contributed by atoms with van der Waals surface area (Å²) in [7, 11) is 1.50. The molecule has 0 radical (unpaired) electrons. The van der Waals surface area contributed by atoms with Crippen molar-refractivity contribution in [2.75, 3.05) is 7.05 Å². The van der Waals surface area contributed by atoms with Gasteiger partial charge >= 0.3 is 5.97 Å². The molecule has 3 aromatic rings. The van der Waals surface area contributed by atoms with Crippen molar-refractivity contribution in [2.45, 2.75) is 58.3 Å². The zero-order valence-corrected chi connectivity index (χ0v) is 18.9. The zero-order chi connectivity index (χ0) is 23.7. The van der Waals surface area contributed by atoms with Gasteiger partial charge in [-0.2, -0.15) is 0 Å². The first-order valence-corrected chi connectivity index (χ1v) is 11.2.